The average molecular weight is 329 g/mol. The molecule has 2 aromatic rings. The van der Waals surface area contributed by atoms with E-state index in [1.165, 1.54) is 5.56 Å². The lowest BCUT2D eigenvalue weighted by atomic mass is 10.1. The molecule has 2 rings (SSSR count). The predicted molar refractivity (Wildman–Crippen MR) is 96.2 cm³/mol. The van der Waals surface area contributed by atoms with Crippen LogP contribution in [0.2, 0.25) is 0 Å². The van der Waals surface area contributed by atoms with Gasteiger partial charge in [-0.25, -0.2) is 0 Å². The predicted octanol–water partition coefficient (Wildman–Crippen LogP) is 3.98. The van der Waals surface area contributed by atoms with E-state index in [-0.39, 0.29) is 11.2 Å². The summed E-state index contributed by atoms with van der Waals surface area (Å²) < 4.78 is 5.74. The van der Waals surface area contributed by atoms with E-state index in [1.807, 2.05) is 63.2 Å². The number of hydrogen-bond acceptors (Lipinski definition) is 3. The van der Waals surface area contributed by atoms with Crippen LogP contribution < -0.4 is 10.1 Å². The van der Waals surface area contributed by atoms with Crippen LogP contribution in [0, 0.1) is 13.8 Å². The van der Waals surface area contributed by atoms with Gasteiger partial charge in [-0.3, -0.25) is 4.79 Å². The van der Waals surface area contributed by atoms with Crippen LogP contribution in [-0.2, 0) is 4.79 Å². The first kappa shape index (κ1) is 17.4. The molecule has 1 amide bonds. The molecule has 0 aliphatic heterocycles. The topological polar surface area (TPSA) is 38.3 Å². The van der Waals surface area contributed by atoms with Gasteiger partial charge in [-0.05, 0) is 50.1 Å². The minimum absolute atomic E-state index is 0.0309. The van der Waals surface area contributed by atoms with E-state index in [0.29, 0.717) is 13.2 Å². The molecule has 1 unspecified atom stereocenters. The maximum Gasteiger partial charge on any atom is 0.233 e. The summed E-state index contributed by atoms with van der Waals surface area (Å²) in [7, 11) is 0. The molecule has 0 radical (unpaired) electrons. The average Bonchev–Trinajstić information content (AvgIpc) is 2.55. The lowest BCUT2D eigenvalue weighted by Gasteiger charge is -2.13. The summed E-state index contributed by atoms with van der Waals surface area (Å²) in [6.07, 6.45) is 0. The first-order chi connectivity index (χ1) is 11.1. The Labute approximate surface area is 142 Å². The van der Waals surface area contributed by atoms with E-state index in [4.69, 9.17) is 4.74 Å². The van der Waals surface area contributed by atoms with E-state index in [2.05, 4.69) is 11.4 Å². The molecule has 0 fully saturated rings. The SMILES string of the molecule is Cc1ccc(C)c(OCCNC(=O)C(C)Sc2ccccc2)c1. The number of hydrogen-bond donors (Lipinski definition) is 1. The maximum absolute atomic E-state index is 12.1. The molecule has 0 spiro atoms. The Morgan fingerprint density at radius 2 is 1.91 bits per heavy atom. The van der Waals surface area contributed by atoms with Crippen molar-refractivity contribution in [2.75, 3.05) is 13.2 Å². The Hall–Kier alpha value is -1.94. The molecular formula is C19H23NO2S. The highest BCUT2D eigenvalue weighted by molar-refractivity contribution is 8.00. The molecule has 2 aromatic carbocycles. The van der Waals surface area contributed by atoms with Crippen molar-refractivity contribution in [2.45, 2.75) is 30.9 Å². The molecule has 0 aliphatic carbocycles. The number of rotatable bonds is 7. The van der Waals surface area contributed by atoms with Gasteiger partial charge in [0.1, 0.15) is 12.4 Å². The molecule has 0 aromatic heterocycles. The van der Waals surface area contributed by atoms with Gasteiger partial charge in [0, 0.05) is 4.90 Å². The van der Waals surface area contributed by atoms with Gasteiger partial charge in [0.25, 0.3) is 0 Å². The monoisotopic (exact) mass is 329 g/mol. The number of thioether (sulfide) groups is 1. The molecule has 0 saturated heterocycles. The zero-order valence-corrected chi connectivity index (χ0v) is 14.7. The molecule has 0 heterocycles. The Morgan fingerprint density at radius 1 is 1.17 bits per heavy atom. The second kappa shape index (κ2) is 8.63. The lowest BCUT2D eigenvalue weighted by Crippen LogP contribution is -2.34. The van der Waals surface area contributed by atoms with Crippen LogP contribution in [0.25, 0.3) is 0 Å². The highest BCUT2D eigenvalue weighted by atomic mass is 32.2. The number of carbonyl (C=O) groups is 1. The third-order valence-corrected chi connectivity index (χ3v) is 4.54. The lowest BCUT2D eigenvalue weighted by molar-refractivity contribution is -0.120. The van der Waals surface area contributed by atoms with Crippen LogP contribution in [0.3, 0.4) is 0 Å². The Bertz CT molecular complexity index is 643. The quantitative estimate of drug-likeness (QED) is 0.617. The number of ether oxygens (including phenoxy) is 1. The van der Waals surface area contributed by atoms with Crippen LogP contribution in [0.4, 0.5) is 0 Å². The van der Waals surface area contributed by atoms with Crippen molar-refractivity contribution in [3.63, 3.8) is 0 Å². The first-order valence-electron chi connectivity index (χ1n) is 7.76. The van der Waals surface area contributed by atoms with Crippen molar-refractivity contribution < 1.29 is 9.53 Å². The third-order valence-electron chi connectivity index (χ3n) is 3.43. The number of carbonyl (C=O) groups excluding carboxylic acids is 1. The molecule has 23 heavy (non-hydrogen) atoms. The van der Waals surface area contributed by atoms with Crippen LogP contribution >= 0.6 is 11.8 Å². The van der Waals surface area contributed by atoms with Gasteiger partial charge in [0.15, 0.2) is 0 Å². The fourth-order valence-corrected chi connectivity index (χ4v) is 3.01. The summed E-state index contributed by atoms with van der Waals surface area (Å²) in [5.74, 6) is 0.911. The van der Waals surface area contributed by atoms with E-state index in [9.17, 15) is 4.79 Å². The van der Waals surface area contributed by atoms with Crippen LogP contribution in [0.5, 0.6) is 5.75 Å². The summed E-state index contributed by atoms with van der Waals surface area (Å²) in [6.45, 7) is 6.95. The summed E-state index contributed by atoms with van der Waals surface area (Å²) in [5, 5.41) is 2.80. The van der Waals surface area contributed by atoms with E-state index in [0.717, 1.165) is 16.2 Å². The van der Waals surface area contributed by atoms with Crippen molar-refractivity contribution in [1.29, 1.82) is 0 Å². The summed E-state index contributed by atoms with van der Waals surface area (Å²) in [5.41, 5.74) is 2.28. The van der Waals surface area contributed by atoms with Crippen molar-refractivity contribution in [3.8, 4) is 5.75 Å². The van der Waals surface area contributed by atoms with Gasteiger partial charge >= 0.3 is 0 Å². The normalized spacial score (nSPS) is 11.8. The van der Waals surface area contributed by atoms with Crippen molar-refractivity contribution in [1.82, 2.24) is 5.32 Å². The fourth-order valence-electron chi connectivity index (χ4n) is 2.10. The zero-order valence-electron chi connectivity index (χ0n) is 13.8. The van der Waals surface area contributed by atoms with Gasteiger partial charge in [0.2, 0.25) is 5.91 Å². The maximum atomic E-state index is 12.1. The third kappa shape index (κ3) is 5.64. The minimum atomic E-state index is -0.127. The van der Waals surface area contributed by atoms with Crippen molar-refractivity contribution in [2.24, 2.45) is 0 Å². The van der Waals surface area contributed by atoms with E-state index in [1.54, 1.807) is 11.8 Å². The number of aryl methyl sites for hydroxylation is 2. The highest BCUT2D eigenvalue weighted by Crippen LogP contribution is 2.22. The Kier molecular flexibility index (Phi) is 6.53. The zero-order chi connectivity index (χ0) is 16.7. The van der Waals surface area contributed by atoms with Crippen molar-refractivity contribution in [3.05, 3.63) is 59.7 Å². The molecule has 0 aliphatic rings. The van der Waals surface area contributed by atoms with Crippen molar-refractivity contribution >= 4 is 17.7 Å². The van der Waals surface area contributed by atoms with Gasteiger partial charge in [-0.1, -0.05) is 30.3 Å². The smallest absolute Gasteiger partial charge is 0.233 e. The summed E-state index contributed by atoms with van der Waals surface area (Å²) in [6, 6.07) is 16.1. The molecule has 122 valence electrons. The first-order valence-corrected chi connectivity index (χ1v) is 8.63. The van der Waals surface area contributed by atoms with Gasteiger partial charge < -0.3 is 10.1 Å². The second-order valence-electron chi connectivity index (χ2n) is 5.48. The minimum Gasteiger partial charge on any atom is -0.491 e. The van der Waals surface area contributed by atoms with E-state index < -0.39 is 0 Å². The summed E-state index contributed by atoms with van der Waals surface area (Å²) in [4.78, 5) is 13.2. The van der Waals surface area contributed by atoms with E-state index >= 15 is 0 Å². The molecule has 0 bridgehead atoms. The van der Waals surface area contributed by atoms with Crippen LogP contribution in [0.15, 0.2) is 53.4 Å². The van der Waals surface area contributed by atoms with Gasteiger partial charge in [0.05, 0.1) is 11.8 Å². The molecular weight excluding hydrogens is 306 g/mol. The highest BCUT2D eigenvalue weighted by Gasteiger charge is 2.13. The van der Waals surface area contributed by atoms with Gasteiger partial charge in [-0.2, -0.15) is 0 Å². The second-order valence-corrected chi connectivity index (χ2v) is 6.90. The van der Waals surface area contributed by atoms with Crippen LogP contribution in [-0.4, -0.2) is 24.3 Å². The molecule has 1 atom stereocenters. The number of nitrogens with one attached hydrogen (secondary N) is 1. The Balaban J connectivity index is 1.73. The largest absolute Gasteiger partial charge is 0.491 e. The molecule has 3 nitrogen and oxygen atoms in total. The van der Waals surface area contributed by atoms with Crippen LogP contribution in [0.1, 0.15) is 18.1 Å². The standard InChI is InChI=1S/C19H23NO2S/c1-14-9-10-15(2)18(13-14)22-12-11-20-19(21)16(3)23-17-7-5-4-6-8-17/h4-10,13,16H,11-12H2,1-3H3,(H,20,21). The Morgan fingerprint density at radius 3 is 2.65 bits per heavy atom. The molecule has 0 saturated carbocycles. The summed E-state index contributed by atoms with van der Waals surface area (Å²) >= 11 is 1.56. The fraction of sp³-hybridized carbons (Fsp3) is 0.316. The molecule has 1 N–H and O–H groups in total. The molecule has 4 heteroatoms. The number of benzene rings is 2. The van der Waals surface area contributed by atoms with Gasteiger partial charge in [-0.15, -0.1) is 11.8 Å². The number of amides is 1.